The number of nitrogens with one attached hydrogen (secondary N) is 1. The summed E-state index contributed by atoms with van der Waals surface area (Å²) >= 11 is 0. The topological polar surface area (TPSA) is 67.8 Å². The highest BCUT2D eigenvalue weighted by atomic mass is 16.6. The Balaban J connectivity index is 1.96. The Morgan fingerprint density at radius 2 is 2.33 bits per heavy atom. The molecule has 5 heteroatoms. The molecule has 2 aliphatic rings. The van der Waals surface area contributed by atoms with Gasteiger partial charge < -0.3 is 19.9 Å². The fourth-order valence-corrected chi connectivity index (χ4v) is 1.52. The molecule has 2 aliphatic heterocycles. The van der Waals surface area contributed by atoms with Crippen LogP contribution in [0.25, 0.3) is 0 Å². The number of carbonyl (C=O) groups is 1. The number of morpholine rings is 1. The van der Waals surface area contributed by atoms with E-state index in [2.05, 4.69) is 5.32 Å². The second-order valence-corrected chi connectivity index (χ2v) is 3.05. The summed E-state index contributed by atoms with van der Waals surface area (Å²) in [6.45, 7) is 1.50. The van der Waals surface area contributed by atoms with Crippen LogP contribution in [0.2, 0.25) is 0 Å². The van der Waals surface area contributed by atoms with Crippen LogP contribution in [-0.2, 0) is 14.3 Å². The molecule has 3 unspecified atom stereocenters. The van der Waals surface area contributed by atoms with Gasteiger partial charge in [0.05, 0.1) is 25.4 Å². The normalized spacial score (nSPS) is 40.8. The van der Waals surface area contributed by atoms with Crippen LogP contribution in [0.5, 0.6) is 0 Å². The zero-order valence-electron chi connectivity index (χ0n) is 6.53. The van der Waals surface area contributed by atoms with E-state index in [1.165, 1.54) is 0 Å². The van der Waals surface area contributed by atoms with Gasteiger partial charge in [0, 0.05) is 6.54 Å². The smallest absolute Gasteiger partial charge is 0.334 e. The van der Waals surface area contributed by atoms with E-state index in [-0.39, 0.29) is 12.1 Å². The van der Waals surface area contributed by atoms with Crippen molar-refractivity contribution in [2.45, 2.75) is 18.2 Å². The Labute approximate surface area is 69.6 Å². The van der Waals surface area contributed by atoms with Crippen molar-refractivity contribution in [3.63, 3.8) is 0 Å². The lowest BCUT2D eigenvalue weighted by Crippen LogP contribution is -2.54. The number of rotatable bonds is 1. The van der Waals surface area contributed by atoms with Crippen LogP contribution >= 0.6 is 0 Å². The Morgan fingerprint density at radius 1 is 1.50 bits per heavy atom. The van der Waals surface area contributed by atoms with E-state index in [0.29, 0.717) is 19.8 Å². The first-order chi connectivity index (χ1) is 5.77. The third-order valence-electron chi connectivity index (χ3n) is 2.21. The number of aliphatic carboxylic acids is 1. The zero-order chi connectivity index (χ0) is 8.55. The highest BCUT2D eigenvalue weighted by molar-refractivity contribution is 5.72. The van der Waals surface area contributed by atoms with E-state index in [4.69, 9.17) is 14.6 Å². The predicted octanol–water partition coefficient (Wildman–Crippen LogP) is -1.17. The van der Waals surface area contributed by atoms with Crippen molar-refractivity contribution >= 4 is 5.97 Å². The van der Waals surface area contributed by atoms with Gasteiger partial charge in [-0.25, -0.2) is 4.79 Å². The van der Waals surface area contributed by atoms with E-state index in [1.807, 2.05) is 0 Å². The van der Waals surface area contributed by atoms with Crippen molar-refractivity contribution in [3.8, 4) is 0 Å². The van der Waals surface area contributed by atoms with E-state index in [1.54, 1.807) is 0 Å². The number of fused-ring (bicyclic) bond motifs is 1. The summed E-state index contributed by atoms with van der Waals surface area (Å²) < 4.78 is 10.4. The fraction of sp³-hybridized carbons (Fsp3) is 0.857. The minimum absolute atomic E-state index is 0.0835. The Kier molecular flexibility index (Phi) is 2.00. The first-order valence-corrected chi connectivity index (χ1v) is 3.97. The molecule has 0 aliphatic carbocycles. The lowest BCUT2D eigenvalue weighted by molar-refractivity contribution is -0.158. The molecule has 3 atom stereocenters. The molecule has 0 bridgehead atoms. The first-order valence-electron chi connectivity index (χ1n) is 3.97. The average Bonchev–Trinajstić information content (AvgIpc) is 2.49. The van der Waals surface area contributed by atoms with Gasteiger partial charge in [-0.2, -0.15) is 0 Å². The van der Waals surface area contributed by atoms with Crippen LogP contribution in [0.15, 0.2) is 0 Å². The highest BCUT2D eigenvalue weighted by Crippen LogP contribution is 2.16. The Morgan fingerprint density at radius 3 is 3.08 bits per heavy atom. The summed E-state index contributed by atoms with van der Waals surface area (Å²) in [4.78, 5) is 10.5. The summed E-state index contributed by atoms with van der Waals surface area (Å²) in [5.74, 6) is -0.909. The third kappa shape index (κ3) is 1.31. The molecular formula is C7H11NO4. The van der Waals surface area contributed by atoms with Gasteiger partial charge in [-0.05, 0) is 0 Å². The number of ether oxygens (including phenoxy) is 2. The molecule has 68 valence electrons. The third-order valence-corrected chi connectivity index (χ3v) is 2.21. The maximum Gasteiger partial charge on any atom is 0.334 e. The van der Waals surface area contributed by atoms with E-state index in [9.17, 15) is 4.79 Å². The van der Waals surface area contributed by atoms with Gasteiger partial charge in [-0.15, -0.1) is 0 Å². The van der Waals surface area contributed by atoms with Crippen molar-refractivity contribution in [3.05, 3.63) is 0 Å². The Hall–Kier alpha value is -0.650. The van der Waals surface area contributed by atoms with Crippen molar-refractivity contribution < 1.29 is 19.4 Å². The number of carboxylic acid groups (broad SMARTS) is 1. The van der Waals surface area contributed by atoms with Gasteiger partial charge in [0.1, 0.15) is 0 Å². The molecule has 0 aromatic heterocycles. The largest absolute Gasteiger partial charge is 0.479 e. The van der Waals surface area contributed by atoms with Crippen molar-refractivity contribution in [1.29, 1.82) is 0 Å². The first kappa shape index (κ1) is 7.97. The second kappa shape index (κ2) is 3.01. The molecule has 0 aromatic carbocycles. The van der Waals surface area contributed by atoms with E-state index < -0.39 is 12.1 Å². The fourth-order valence-electron chi connectivity index (χ4n) is 1.52. The van der Waals surface area contributed by atoms with Gasteiger partial charge in [-0.3, -0.25) is 0 Å². The maximum absolute atomic E-state index is 10.5. The second-order valence-electron chi connectivity index (χ2n) is 3.05. The molecule has 0 spiro atoms. The molecule has 0 saturated carbocycles. The lowest BCUT2D eigenvalue weighted by atomic mass is 10.1. The molecule has 2 rings (SSSR count). The number of hydrogen-bond donors (Lipinski definition) is 2. The molecule has 2 N–H and O–H groups in total. The molecule has 0 amide bonds. The maximum atomic E-state index is 10.5. The van der Waals surface area contributed by atoms with Gasteiger partial charge in [0.25, 0.3) is 0 Å². The van der Waals surface area contributed by atoms with Crippen LogP contribution < -0.4 is 5.32 Å². The molecule has 5 nitrogen and oxygen atoms in total. The zero-order valence-corrected chi connectivity index (χ0v) is 6.53. The predicted molar refractivity (Wildman–Crippen MR) is 38.9 cm³/mol. The molecular weight excluding hydrogens is 162 g/mol. The Bertz CT molecular complexity index is 196. The van der Waals surface area contributed by atoms with E-state index in [0.717, 1.165) is 0 Å². The molecule has 0 aromatic rings. The van der Waals surface area contributed by atoms with Crippen LogP contribution in [0.4, 0.5) is 0 Å². The number of carboxylic acids is 1. The molecule has 2 saturated heterocycles. The van der Waals surface area contributed by atoms with Gasteiger partial charge in [0.15, 0.2) is 6.10 Å². The summed E-state index contributed by atoms with van der Waals surface area (Å²) in [5, 5.41) is 11.7. The number of hydrogen-bond acceptors (Lipinski definition) is 4. The molecule has 0 radical (unpaired) electrons. The molecule has 2 fully saturated rings. The van der Waals surface area contributed by atoms with Crippen LogP contribution in [0, 0.1) is 0 Å². The minimum atomic E-state index is -0.909. The van der Waals surface area contributed by atoms with Crippen LogP contribution in [0.1, 0.15) is 0 Å². The SMILES string of the molecule is O=C(O)C1CNC2COCC2O1. The van der Waals surface area contributed by atoms with Gasteiger partial charge >= 0.3 is 5.97 Å². The monoisotopic (exact) mass is 173 g/mol. The molecule has 12 heavy (non-hydrogen) atoms. The van der Waals surface area contributed by atoms with Crippen LogP contribution in [-0.4, -0.2) is 49.1 Å². The summed E-state index contributed by atoms with van der Waals surface area (Å²) in [5.41, 5.74) is 0. The standard InChI is InChI=1S/C7H11NO4/c9-7(10)5-1-8-4-2-11-3-6(4)12-5/h4-6,8H,1-3H2,(H,9,10). The van der Waals surface area contributed by atoms with Gasteiger partial charge in [0.2, 0.25) is 0 Å². The highest BCUT2D eigenvalue weighted by Gasteiger charge is 2.37. The minimum Gasteiger partial charge on any atom is -0.479 e. The summed E-state index contributed by atoms with van der Waals surface area (Å²) in [6, 6.07) is 0.181. The van der Waals surface area contributed by atoms with Crippen molar-refractivity contribution in [2.75, 3.05) is 19.8 Å². The van der Waals surface area contributed by atoms with E-state index >= 15 is 0 Å². The molecule has 2 heterocycles. The summed E-state index contributed by atoms with van der Waals surface area (Å²) in [6.07, 6.45) is -0.798. The van der Waals surface area contributed by atoms with Gasteiger partial charge in [-0.1, -0.05) is 0 Å². The van der Waals surface area contributed by atoms with Crippen molar-refractivity contribution in [2.24, 2.45) is 0 Å². The average molecular weight is 173 g/mol. The quantitative estimate of drug-likeness (QED) is 0.523. The van der Waals surface area contributed by atoms with Crippen molar-refractivity contribution in [1.82, 2.24) is 5.32 Å². The lowest BCUT2D eigenvalue weighted by Gasteiger charge is -2.29. The summed E-state index contributed by atoms with van der Waals surface area (Å²) in [7, 11) is 0. The van der Waals surface area contributed by atoms with Crippen LogP contribution in [0.3, 0.4) is 0 Å².